The summed E-state index contributed by atoms with van der Waals surface area (Å²) in [6.45, 7) is 5.88. The van der Waals surface area contributed by atoms with Gasteiger partial charge in [-0.2, -0.15) is 0 Å². The smallest absolute Gasteiger partial charge is 0.166 e. The van der Waals surface area contributed by atoms with Crippen LogP contribution in [-0.4, -0.2) is 11.1 Å². The van der Waals surface area contributed by atoms with Gasteiger partial charge in [0.15, 0.2) is 11.6 Å². The zero-order valence-electron chi connectivity index (χ0n) is 7.66. The van der Waals surface area contributed by atoms with Crippen molar-refractivity contribution in [2.45, 2.75) is 26.9 Å². The lowest BCUT2D eigenvalue weighted by molar-refractivity contribution is 0.243. The molecule has 66 valence electrons. The van der Waals surface area contributed by atoms with Crippen LogP contribution in [0.3, 0.4) is 0 Å². The van der Waals surface area contributed by atoms with Crippen LogP contribution in [0, 0.1) is 6.92 Å². The number of pyridine rings is 1. The van der Waals surface area contributed by atoms with Crippen molar-refractivity contribution in [3.63, 3.8) is 0 Å². The summed E-state index contributed by atoms with van der Waals surface area (Å²) in [7, 11) is 0. The third-order valence-electron chi connectivity index (χ3n) is 1.38. The van der Waals surface area contributed by atoms with E-state index in [1.165, 1.54) is 0 Å². The first-order valence-corrected chi connectivity index (χ1v) is 3.98. The summed E-state index contributed by atoms with van der Waals surface area (Å²) >= 11 is 0. The van der Waals surface area contributed by atoms with E-state index in [1.54, 1.807) is 6.20 Å². The lowest BCUT2D eigenvalue weighted by atomic mass is 10.3. The number of ether oxygens (including phenoxy) is 1. The topological polar surface area (TPSA) is 48.1 Å². The van der Waals surface area contributed by atoms with Gasteiger partial charge in [-0.15, -0.1) is 0 Å². The van der Waals surface area contributed by atoms with E-state index in [-0.39, 0.29) is 6.10 Å². The van der Waals surface area contributed by atoms with Crippen molar-refractivity contribution < 1.29 is 4.74 Å². The molecular formula is C9H14N2O. The molecule has 0 aromatic carbocycles. The van der Waals surface area contributed by atoms with Crippen LogP contribution in [0.25, 0.3) is 0 Å². The Morgan fingerprint density at radius 2 is 2.17 bits per heavy atom. The van der Waals surface area contributed by atoms with E-state index < -0.39 is 0 Å². The maximum absolute atomic E-state index is 5.60. The second kappa shape index (κ2) is 3.43. The molecule has 1 aromatic heterocycles. The predicted molar refractivity (Wildman–Crippen MR) is 49.2 cm³/mol. The fourth-order valence-electron chi connectivity index (χ4n) is 0.901. The highest BCUT2D eigenvalue weighted by atomic mass is 16.5. The normalized spacial score (nSPS) is 10.3. The predicted octanol–water partition coefficient (Wildman–Crippen LogP) is 1.76. The number of aryl methyl sites for hydroxylation is 1. The second-order valence-electron chi connectivity index (χ2n) is 3.06. The standard InChI is InChI=1S/C9H14N2O/c1-6(2)12-8-4-7(3)5-11-9(8)10/h4-6H,1-3H3,(H2,10,11). The highest BCUT2D eigenvalue weighted by Crippen LogP contribution is 2.20. The van der Waals surface area contributed by atoms with Crippen LogP contribution < -0.4 is 10.5 Å². The monoisotopic (exact) mass is 166 g/mol. The third-order valence-corrected chi connectivity index (χ3v) is 1.38. The average Bonchev–Trinajstić information content (AvgIpc) is 1.96. The fourth-order valence-corrected chi connectivity index (χ4v) is 0.901. The van der Waals surface area contributed by atoms with E-state index in [0.29, 0.717) is 11.6 Å². The fraction of sp³-hybridized carbons (Fsp3) is 0.444. The first-order valence-electron chi connectivity index (χ1n) is 3.98. The molecule has 0 bridgehead atoms. The zero-order valence-corrected chi connectivity index (χ0v) is 7.66. The van der Waals surface area contributed by atoms with Crippen LogP contribution in [0.5, 0.6) is 5.75 Å². The number of nitrogen functional groups attached to an aromatic ring is 1. The number of aromatic nitrogens is 1. The minimum Gasteiger partial charge on any atom is -0.487 e. The van der Waals surface area contributed by atoms with Gasteiger partial charge in [-0.25, -0.2) is 4.98 Å². The number of nitrogens with two attached hydrogens (primary N) is 1. The molecule has 0 aliphatic rings. The number of rotatable bonds is 2. The van der Waals surface area contributed by atoms with E-state index in [2.05, 4.69) is 4.98 Å². The largest absolute Gasteiger partial charge is 0.487 e. The first kappa shape index (κ1) is 8.84. The van der Waals surface area contributed by atoms with Gasteiger partial charge in [0.1, 0.15) is 0 Å². The molecule has 0 fully saturated rings. The Balaban J connectivity index is 2.90. The van der Waals surface area contributed by atoms with Gasteiger partial charge in [-0.3, -0.25) is 0 Å². The van der Waals surface area contributed by atoms with Gasteiger partial charge in [-0.05, 0) is 32.4 Å². The quantitative estimate of drug-likeness (QED) is 0.728. The van der Waals surface area contributed by atoms with Gasteiger partial charge in [0.05, 0.1) is 6.10 Å². The number of hydrogen-bond acceptors (Lipinski definition) is 3. The number of nitrogens with zero attached hydrogens (tertiary/aromatic N) is 1. The summed E-state index contributed by atoms with van der Waals surface area (Å²) < 4.78 is 5.44. The van der Waals surface area contributed by atoms with Crippen LogP contribution in [0.4, 0.5) is 5.82 Å². The van der Waals surface area contributed by atoms with Crippen LogP contribution >= 0.6 is 0 Å². The van der Waals surface area contributed by atoms with Gasteiger partial charge in [0, 0.05) is 6.20 Å². The summed E-state index contributed by atoms with van der Waals surface area (Å²) in [5.41, 5.74) is 6.66. The lowest BCUT2D eigenvalue weighted by Crippen LogP contribution is -2.08. The molecule has 1 aromatic rings. The SMILES string of the molecule is Cc1cnc(N)c(OC(C)C)c1. The summed E-state index contributed by atoms with van der Waals surface area (Å²) in [6, 6.07) is 1.89. The molecule has 0 saturated heterocycles. The molecule has 0 amide bonds. The molecule has 0 aliphatic carbocycles. The van der Waals surface area contributed by atoms with Crippen molar-refractivity contribution in [3.05, 3.63) is 17.8 Å². The molecule has 1 heterocycles. The van der Waals surface area contributed by atoms with E-state index in [0.717, 1.165) is 5.56 Å². The number of hydrogen-bond donors (Lipinski definition) is 1. The summed E-state index contributed by atoms with van der Waals surface area (Å²) in [4.78, 5) is 3.98. The van der Waals surface area contributed by atoms with Crippen LogP contribution in [0.2, 0.25) is 0 Å². The van der Waals surface area contributed by atoms with E-state index in [4.69, 9.17) is 10.5 Å². The molecule has 0 spiro atoms. The number of anilines is 1. The Hall–Kier alpha value is -1.25. The Kier molecular flexibility index (Phi) is 2.53. The molecule has 2 N–H and O–H groups in total. The van der Waals surface area contributed by atoms with Crippen LogP contribution in [0.15, 0.2) is 12.3 Å². The Bertz CT molecular complexity index is 271. The molecule has 0 radical (unpaired) electrons. The summed E-state index contributed by atoms with van der Waals surface area (Å²) in [5.74, 6) is 1.12. The summed E-state index contributed by atoms with van der Waals surface area (Å²) in [5, 5.41) is 0. The van der Waals surface area contributed by atoms with Gasteiger partial charge in [0.2, 0.25) is 0 Å². The van der Waals surface area contributed by atoms with Crippen molar-refractivity contribution in [2.24, 2.45) is 0 Å². The van der Waals surface area contributed by atoms with Gasteiger partial charge < -0.3 is 10.5 Å². The van der Waals surface area contributed by atoms with Gasteiger partial charge >= 0.3 is 0 Å². The van der Waals surface area contributed by atoms with Crippen LogP contribution in [-0.2, 0) is 0 Å². The first-order chi connectivity index (χ1) is 5.59. The van der Waals surface area contributed by atoms with Crippen molar-refractivity contribution in [1.29, 1.82) is 0 Å². The molecule has 0 aliphatic heterocycles. The van der Waals surface area contributed by atoms with Crippen LogP contribution in [0.1, 0.15) is 19.4 Å². The average molecular weight is 166 g/mol. The highest BCUT2D eigenvalue weighted by Gasteiger charge is 2.03. The van der Waals surface area contributed by atoms with Gasteiger partial charge in [-0.1, -0.05) is 0 Å². The highest BCUT2D eigenvalue weighted by molar-refractivity contribution is 5.46. The molecule has 1 rings (SSSR count). The molecule has 3 nitrogen and oxygen atoms in total. The molecule has 0 saturated carbocycles. The van der Waals surface area contributed by atoms with E-state index in [1.807, 2.05) is 26.8 Å². The molecule has 0 unspecified atom stereocenters. The Labute approximate surface area is 72.6 Å². The third kappa shape index (κ3) is 2.12. The van der Waals surface area contributed by atoms with E-state index in [9.17, 15) is 0 Å². The van der Waals surface area contributed by atoms with Crippen molar-refractivity contribution in [2.75, 3.05) is 5.73 Å². The van der Waals surface area contributed by atoms with E-state index >= 15 is 0 Å². The lowest BCUT2D eigenvalue weighted by Gasteiger charge is -2.11. The maximum Gasteiger partial charge on any atom is 0.166 e. The maximum atomic E-state index is 5.60. The minimum atomic E-state index is 0.135. The Morgan fingerprint density at radius 3 is 2.75 bits per heavy atom. The van der Waals surface area contributed by atoms with Crippen molar-refractivity contribution >= 4 is 5.82 Å². The minimum absolute atomic E-state index is 0.135. The molecule has 12 heavy (non-hydrogen) atoms. The summed E-state index contributed by atoms with van der Waals surface area (Å²) in [6.07, 6.45) is 1.86. The zero-order chi connectivity index (χ0) is 9.14. The molecule has 0 atom stereocenters. The Morgan fingerprint density at radius 1 is 1.50 bits per heavy atom. The molecular weight excluding hydrogens is 152 g/mol. The van der Waals surface area contributed by atoms with Crippen molar-refractivity contribution in [1.82, 2.24) is 4.98 Å². The second-order valence-corrected chi connectivity index (χ2v) is 3.06. The molecule has 3 heteroatoms. The van der Waals surface area contributed by atoms with Gasteiger partial charge in [0.25, 0.3) is 0 Å². The van der Waals surface area contributed by atoms with Crippen molar-refractivity contribution in [3.8, 4) is 5.75 Å².